The van der Waals surface area contributed by atoms with Crippen molar-refractivity contribution in [1.82, 2.24) is 4.90 Å². The molecule has 2 aromatic rings. The molecular formula is C21H27N3O. The molecule has 4 nitrogen and oxygen atoms in total. The quantitative estimate of drug-likeness (QED) is 0.859. The van der Waals surface area contributed by atoms with Gasteiger partial charge in [-0.25, -0.2) is 0 Å². The SMILES string of the molecule is Cc1cccc(N2CCN(C(=O)c3cccc(N(C)C)c3)CC2)c1C. The molecule has 1 amide bonds. The fraction of sp³-hybridized carbons (Fsp3) is 0.381. The second kappa shape index (κ2) is 7.18. The molecule has 132 valence electrons. The summed E-state index contributed by atoms with van der Waals surface area (Å²) in [6, 6.07) is 14.3. The van der Waals surface area contributed by atoms with Gasteiger partial charge < -0.3 is 14.7 Å². The maximum atomic E-state index is 12.8. The lowest BCUT2D eigenvalue weighted by molar-refractivity contribution is 0.0747. The van der Waals surface area contributed by atoms with Crippen molar-refractivity contribution in [3.8, 4) is 0 Å². The van der Waals surface area contributed by atoms with E-state index in [1.54, 1.807) is 0 Å². The zero-order valence-electron chi connectivity index (χ0n) is 15.6. The second-order valence-electron chi connectivity index (χ2n) is 6.94. The molecule has 1 saturated heterocycles. The number of amides is 1. The Bertz CT molecular complexity index is 761. The Kier molecular flexibility index (Phi) is 4.98. The zero-order chi connectivity index (χ0) is 18.0. The van der Waals surface area contributed by atoms with E-state index in [2.05, 4.69) is 36.9 Å². The van der Waals surface area contributed by atoms with Crippen molar-refractivity contribution in [3.05, 3.63) is 59.2 Å². The molecule has 1 heterocycles. The summed E-state index contributed by atoms with van der Waals surface area (Å²) >= 11 is 0. The normalized spacial score (nSPS) is 14.6. The lowest BCUT2D eigenvalue weighted by Crippen LogP contribution is -2.49. The van der Waals surface area contributed by atoms with Gasteiger partial charge >= 0.3 is 0 Å². The number of rotatable bonds is 3. The minimum absolute atomic E-state index is 0.129. The fourth-order valence-electron chi connectivity index (χ4n) is 3.33. The van der Waals surface area contributed by atoms with Gasteiger partial charge in [-0.05, 0) is 49.2 Å². The predicted molar refractivity (Wildman–Crippen MR) is 105 cm³/mol. The molecule has 0 N–H and O–H groups in total. The van der Waals surface area contributed by atoms with Crippen LogP contribution in [0, 0.1) is 13.8 Å². The molecular weight excluding hydrogens is 310 g/mol. The van der Waals surface area contributed by atoms with Gasteiger partial charge in [-0.15, -0.1) is 0 Å². The van der Waals surface area contributed by atoms with Gasteiger partial charge in [0.2, 0.25) is 0 Å². The lowest BCUT2D eigenvalue weighted by Gasteiger charge is -2.37. The Labute approximate surface area is 150 Å². The first-order valence-corrected chi connectivity index (χ1v) is 8.85. The number of benzene rings is 2. The standard InChI is InChI=1S/C21H27N3O/c1-16-7-5-10-20(17(16)2)23-11-13-24(14-12-23)21(25)18-8-6-9-19(15-18)22(3)4/h5-10,15H,11-14H2,1-4H3. The number of piperazine rings is 1. The van der Waals surface area contributed by atoms with Crippen molar-refractivity contribution < 1.29 is 4.79 Å². The number of carbonyl (C=O) groups is 1. The van der Waals surface area contributed by atoms with Crippen molar-refractivity contribution >= 4 is 17.3 Å². The summed E-state index contributed by atoms with van der Waals surface area (Å²) in [6.07, 6.45) is 0. The van der Waals surface area contributed by atoms with Crippen LogP contribution < -0.4 is 9.80 Å². The zero-order valence-corrected chi connectivity index (χ0v) is 15.6. The van der Waals surface area contributed by atoms with Gasteiger partial charge in [-0.3, -0.25) is 4.79 Å². The van der Waals surface area contributed by atoms with Crippen LogP contribution in [0.1, 0.15) is 21.5 Å². The summed E-state index contributed by atoms with van der Waals surface area (Å²) in [7, 11) is 3.99. The fourth-order valence-corrected chi connectivity index (χ4v) is 3.33. The largest absolute Gasteiger partial charge is 0.378 e. The van der Waals surface area contributed by atoms with Gasteiger partial charge in [0.05, 0.1) is 0 Å². The summed E-state index contributed by atoms with van der Waals surface area (Å²) in [5.74, 6) is 0.129. The van der Waals surface area contributed by atoms with Crippen molar-refractivity contribution in [2.75, 3.05) is 50.1 Å². The highest BCUT2D eigenvalue weighted by molar-refractivity contribution is 5.95. The molecule has 0 atom stereocenters. The number of carbonyl (C=O) groups excluding carboxylic acids is 1. The topological polar surface area (TPSA) is 26.8 Å². The van der Waals surface area contributed by atoms with E-state index in [1.165, 1.54) is 16.8 Å². The van der Waals surface area contributed by atoms with Crippen molar-refractivity contribution in [2.45, 2.75) is 13.8 Å². The van der Waals surface area contributed by atoms with Gasteiger partial charge in [0.25, 0.3) is 5.91 Å². The minimum Gasteiger partial charge on any atom is -0.378 e. The third-order valence-electron chi connectivity index (χ3n) is 5.09. The van der Waals surface area contributed by atoms with E-state index >= 15 is 0 Å². The van der Waals surface area contributed by atoms with Crippen LogP contribution in [0.4, 0.5) is 11.4 Å². The van der Waals surface area contributed by atoms with E-state index in [9.17, 15) is 4.79 Å². The molecule has 0 aliphatic carbocycles. The van der Waals surface area contributed by atoms with Gasteiger partial charge in [-0.2, -0.15) is 0 Å². The smallest absolute Gasteiger partial charge is 0.254 e. The third kappa shape index (κ3) is 3.63. The summed E-state index contributed by atoms with van der Waals surface area (Å²) in [5, 5.41) is 0. The Hall–Kier alpha value is -2.49. The number of anilines is 2. The van der Waals surface area contributed by atoms with Crippen molar-refractivity contribution in [1.29, 1.82) is 0 Å². The van der Waals surface area contributed by atoms with Crippen LogP contribution in [0.5, 0.6) is 0 Å². The highest BCUT2D eigenvalue weighted by atomic mass is 16.2. The molecule has 1 aliphatic heterocycles. The summed E-state index contributed by atoms with van der Waals surface area (Å²) in [5.41, 5.74) is 5.77. The molecule has 1 fully saturated rings. The number of aryl methyl sites for hydroxylation is 1. The van der Waals surface area contributed by atoms with Crippen LogP contribution in [0.2, 0.25) is 0 Å². The first-order chi connectivity index (χ1) is 12.0. The first-order valence-electron chi connectivity index (χ1n) is 8.85. The van der Waals surface area contributed by atoms with E-state index in [1.807, 2.05) is 48.2 Å². The Morgan fingerprint density at radius 1 is 0.960 bits per heavy atom. The molecule has 1 aliphatic rings. The average Bonchev–Trinajstić information content (AvgIpc) is 2.63. The van der Waals surface area contributed by atoms with Gasteiger partial charge in [0, 0.05) is 57.2 Å². The minimum atomic E-state index is 0.129. The predicted octanol–water partition coefficient (Wildman–Crippen LogP) is 3.33. The molecule has 3 rings (SSSR count). The van der Waals surface area contributed by atoms with E-state index in [0.29, 0.717) is 0 Å². The Morgan fingerprint density at radius 2 is 1.64 bits per heavy atom. The lowest BCUT2D eigenvalue weighted by atomic mass is 10.1. The van der Waals surface area contributed by atoms with E-state index in [0.717, 1.165) is 37.4 Å². The highest BCUT2D eigenvalue weighted by Gasteiger charge is 2.23. The molecule has 0 radical (unpaired) electrons. The van der Waals surface area contributed by atoms with Crippen LogP contribution >= 0.6 is 0 Å². The molecule has 0 unspecified atom stereocenters. The summed E-state index contributed by atoms with van der Waals surface area (Å²) in [6.45, 7) is 7.61. The molecule has 0 aromatic heterocycles. The van der Waals surface area contributed by atoms with Crippen molar-refractivity contribution in [3.63, 3.8) is 0 Å². The van der Waals surface area contributed by atoms with Crippen LogP contribution in [-0.4, -0.2) is 51.1 Å². The Balaban J connectivity index is 1.69. The molecule has 0 bridgehead atoms. The monoisotopic (exact) mass is 337 g/mol. The second-order valence-corrected chi connectivity index (χ2v) is 6.94. The van der Waals surface area contributed by atoms with Crippen LogP contribution in [0.25, 0.3) is 0 Å². The summed E-state index contributed by atoms with van der Waals surface area (Å²) < 4.78 is 0. The van der Waals surface area contributed by atoms with E-state index in [4.69, 9.17) is 0 Å². The van der Waals surface area contributed by atoms with Crippen LogP contribution in [0.15, 0.2) is 42.5 Å². The third-order valence-corrected chi connectivity index (χ3v) is 5.09. The van der Waals surface area contributed by atoms with E-state index < -0.39 is 0 Å². The average molecular weight is 337 g/mol. The van der Waals surface area contributed by atoms with Crippen LogP contribution in [-0.2, 0) is 0 Å². The van der Waals surface area contributed by atoms with Gasteiger partial charge in [0.15, 0.2) is 0 Å². The Morgan fingerprint density at radius 3 is 2.32 bits per heavy atom. The number of nitrogens with zero attached hydrogens (tertiary/aromatic N) is 3. The first kappa shape index (κ1) is 17.3. The summed E-state index contributed by atoms with van der Waals surface area (Å²) in [4.78, 5) is 19.2. The van der Waals surface area contributed by atoms with E-state index in [-0.39, 0.29) is 5.91 Å². The van der Waals surface area contributed by atoms with Crippen LogP contribution in [0.3, 0.4) is 0 Å². The van der Waals surface area contributed by atoms with Crippen molar-refractivity contribution in [2.24, 2.45) is 0 Å². The number of hydrogen-bond donors (Lipinski definition) is 0. The number of hydrogen-bond acceptors (Lipinski definition) is 3. The molecule has 25 heavy (non-hydrogen) atoms. The maximum absolute atomic E-state index is 12.8. The molecule has 4 heteroatoms. The molecule has 2 aromatic carbocycles. The molecule has 0 spiro atoms. The molecule has 0 saturated carbocycles. The highest BCUT2D eigenvalue weighted by Crippen LogP contribution is 2.24. The maximum Gasteiger partial charge on any atom is 0.254 e. The van der Waals surface area contributed by atoms with Gasteiger partial charge in [0.1, 0.15) is 0 Å². The van der Waals surface area contributed by atoms with Gasteiger partial charge in [-0.1, -0.05) is 18.2 Å².